The highest BCUT2D eigenvalue weighted by Gasteiger charge is 2.22. The number of nitrogens with zero attached hydrogens (tertiary/aromatic N) is 2. The summed E-state index contributed by atoms with van der Waals surface area (Å²) in [7, 11) is 0. The number of carbonyl (C=O) groups excluding carboxylic acids is 2. The van der Waals surface area contributed by atoms with Crippen molar-refractivity contribution in [2.75, 3.05) is 42.9 Å². The lowest BCUT2D eigenvalue weighted by Gasteiger charge is -2.38. The maximum absolute atomic E-state index is 11.6. The summed E-state index contributed by atoms with van der Waals surface area (Å²) >= 11 is 6.57. The number of benzene rings is 1. The van der Waals surface area contributed by atoms with Gasteiger partial charge in [-0.2, -0.15) is 0 Å². The first kappa shape index (κ1) is 24.5. The summed E-state index contributed by atoms with van der Waals surface area (Å²) in [6, 6.07) is 5.16. The Bertz CT molecular complexity index is 671. The molecular weight excluding hydrogens is 400 g/mol. The molecule has 1 aliphatic rings. The van der Waals surface area contributed by atoms with Crippen LogP contribution in [0.5, 0.6) is 0 Å². The van der Waals surface area contributed by atoms with Crippen LogP contribution < -0.4 is 16.0 Å². The molecular formula is C23H37ClN4O2. The number of nitrogens with two attached hydrogens (primary N) is 1. The summed E-state index contributed by atoms with van der Waals surface area (Å²) in [5.74, 6) is 0.329. The van der Waals surface area contributed by atoms with E-state index >= 15 is 0 Å². The fourth-order valence-corrected chi connectivity index (χ4v) is 4.55. The highest BCUT2D eigenvalue weighted by molar-refractivity contribution is 6.33. The van der Waals surface area contributed by atoms with Gasteiger partial charge in [-0.3, -0.25) is 9.69 Å². The van der Waals surface area contributed by atoms with E-state index in [0.717, 1.165) is 49.8 Å². The SMILES string of the molecule is CCCC(CCC)CN1CCN(c2ccc(NC(CCC=O)C(N)=O)cc2Cl)CC1. The number of aldehydes is 1. The zero-order valence-corrected chi connectivity index (χ0v) is 19.2. The van der Waals surface area contributed by atoms with Crippen LogP contribution in [0.3, 0.4) is 0 Å². The molecule has 1 aromatic carbocycles. The van der Waals surface area contributed by atoms with Gasteiger partial charge in [0.05, 0.1) is 10.7 Å². The number of amides is 1. The van der Waals surface area contributed by atoms with Gasteiger partial charge in [0.15, 0.2) is 0 Å². The molecule has 1 unspecified atom stereocenters. The summed E-state index contributed by atoms with van der Waals surface area (Å²) in [6.45, 7) is 9.76. The minimum Gasteiger partial charge on any atom is -0.374 e. The van der Waals surface area contributed by atoms with Crippen molar-refractivity contribution in [3.05, 3.63) is 23.2 Å². The zero-order valence-electron chi connectivity index (χ0n) is 18.4. The molecule has 0 radical (unpaired) electrons. The van der Waals surface area contributed by atoms with Crippen LogP contribution >= 0.6 is 11.6 Å². The van der Waals surface area contributed by atoms with Gasteiger partial charge >= 0.3 is 0 Å². The third-order valence-corrected chi connectivity index (χ3v) is 6.13. The van der Waals surface area contributed by atoms with Gasteiger partial charge in [0.2, 0.25) is 5.91 Å². The summed E-state index contributed by atoms with van der Waals surface area (Å²) in [5.41, 5.74) is 7.19. The highest BCUT2D eigenvalue weighted by Crippen LogP contribution is 2.30. The number of halogens is 1. The van der Waals surface area contributed by atoms with Crippen LogP contribution in [0.4, 0.5) is 11.4 Å². The third-order valence-electron chi connectivity index (χ3n) is 5.83. The molecule has 1 fully saturated rings. The first-order valence-corrected chi connectivity index (χ1v) is 11.6. The van der Waals surface area contributed by atoms with Crippen LogP contribution in [0.1, 0.15) is 52.4 Å². The molecule has 1 aromatic rings. The van der Waals surface area contributed by atoms with Gasteiger partial charge in [-0.1, -0.05) is 38.3 Å². The largest absolute Gasteiger partial charge is 0.374 e. The maximum Gasteiger partial charge on any atom is 0.239 e. The van der Waals surface area contributed by atoms with Crippen molar-refractivity contribution in [1.82, 2.24) is 4.90 Å². The van der Waals surface area contributed by atoms with E-state index in [1.807, 2.05) is 18.2 Å². The Morgan fingerprint density at radius 3 is 2.37 bits per heavy atom. The Morgan fingerprint density at radius 2 is 1.83 bits per heavy atom. The molecule has 7 heteroatoms. The molecule has 2 rings (SSSR count). The maximum atomic E-state index is 11.6. The number of hydrogen-bond donors (Lipinski definition) is 2. The van der Waals surface area contributed by atoms with E-state index in [2.05, 4.69) is 29.0 Å². The van der Waals surface area contributed by atoms with Crippen LogP contribution in [0.25, 0.3) is 0 Å². The Labute approximate surface area is 186 Å². The van der Waals surface area contributed by atoms with Gasteiger partial charge in [0.1, 0.15) is 12.3 Å². The van der Waals surface area contributed by atoms with Crippen LogP contribution in [0.2, 0.25) is 5.02 Å². The summed E-state index contributed by atoms with van der Waals surface area (Å²) in [5, 5.41) is 3.75. The Morgan fingerprint density at radius 1 is 1.17 bits per heavy atom. The topological polar surface area (TPSA) is 78.7 Å². The van der Waals surface area contributed by atoms with Gasteiger partial charge in [-0.25, -0.2) is 0 Å². The highest BCUT2D eigenvalue weighted by atomic mass is 35.5. The van der Waals surface area contributed by atoms with Crippen molar-refractivity contribution in [1.29, 1.82) is 0 Å². The van der Waals surface area contributed by atoms with E-state index in [0.29, 0.717) is 11.4 Å². The van der Waals surface area contributed by atoms with Gasteiger partial charge in [-0.05, 0) is 43.4 Å². The van der Waals surface area contributed by atoms with Crippen LogP contribution in [-0.2, 0) is 9.59 Å². The van der Waals surface area contributed by atoms with Crippen molar-refractivity contribution < 1.29 is 9.59 Å². The first-order valence-electron chi connectivity index (χ1n) is 11.2. The molecule has 0 bridgehead atoms. The van der Waals surface area contributed by atoms with E-state index in [-0.39, 0.29) is 6.42 Å². The standard InChI is InChI=1S/C23H37ClN4O2/c1-3-6-18(7-4-2)17-27-11-13-28(14-12-27)22-10-9-19(16-20(22)24)26-21(23(25)30)8-5-15-29/h9-10,15-16,18,21,26H,3-8,11-14,17H2,1-2H3,(H2,25,30). The van der Waals surface area contributed by atoms with Crippen molar-refractivity contribution in [2.24, 2.45) is 11.7 Å². The molecule has 1 heterocycles. The molecule has 0 aliphatic carbocycles. The lowest BCUT2D eigenvalue weighted by atomic mass is 9.97. The van der Waals surface area contributed by atoms with E-state index < -0.39 is 11.9 Å². The number of piperazine rings is 1. The lowest BCUT2D eigenvalue weighted by Crippen LogP contribution is -2.48. The molecule has 1 saturated heterocycles. The van der Waals surface area contributed by atoms with Gasteiger partial charge < -0.3 is 20.7 Å². The molecule has 6 nitrogen and oxygen atoms in total. The molecule has 168 valence electrons. The number of nitrogens with one attached hydrogen (secondary N) is 1. The van der Waals surface area contributed by atoms with E-state index in [4.69, 9.17) is 17.3 Å². The number of rotatable bonds is 13. The predicted molar refractivity (Wildman–Crippen MR) is 125 cm³/mol. The number of hydrogen-bond acceptors (Lipinski definition) is 5. The summed E-state index contributed by atoms with van der Waals surface area (Å²) in [4.78, 5) is 27.1. The Kier molecular flexibility index (Phi) is 10.4. The second-order valence-electron chi connectivity index (χ2n) is 8.24. The fraction of sp³-hybridized carbons (Fsp3) is 0.652. The average Bonchev–Trinajstić information content (AvgIpc) is 2.72. The minimum absolute atomic E-state index is 0.286. The molecule has 1 amide bonds. The van der Waals surface area contributed by atoms with Gasteiger partial charge in [-0.15, -0.1) is 0 Å². The average molecular weight is 437 g/mol. The minimum atomic E-state index is -0.583. The van der Waals surface area contributed by atoms with Crippen molar-refractivity contribution in [3.8, 4) is 0 Å². The van der Waals surface area contributed by atoms with Crippen LogP contribution in [-0.4, -0.2) is 55.9 Å². The second kappa shape index (κ2) is 12.8. The summed E-state index contributed by atoms with van der Waals surface area (Å²) in [6.07, 6.45) is 6.59. The normalized spacial score (nSPS) is 15.9. The molecule has 30 heavy (non-hydrogen) atoms. The smallest absolute Gasteiger partial charge is 0.239 e. The van der Waals surface area contributed by atoms with Gasteiger partial charge in [0.25, 0.3) is 0 Å². The van der Waals surface area contributed by atoms with Crippen LogP contribution in [0.15, 0.2) is 18.2 Å². The number of anilines is 2. The lowest BCUT2D eigenvalue weighted by molar-refractivity contribution is -0.118. The van der Waals surface area contributed by atoms with Gasteiger partial charge in [0, 0.05) is 44.8 Å². The molecule has 3 N–H and O–H groups in total. The van der Waals surface area contributed by atoms with Crippen LogP contribution in [0, 0.1) is 5.92 Å². The zero-order chi connectivity index (χ0) is 21.9. The third kappa shape index (κ3) is 7.47. The van der Waals surface area contributed by atoms with Crippen molar-refractivity contribution in [2.45, 2.75) is 58.4 Å². The second-order valence-corrected chi connectivity index (χ2v) is 8.65. The van der Waals surface area contributed by atoms with E-state index in [1.165, 1.54) is 32.2 Å². The first-order chi connectivity index (χ1) is 14.5. The molecule has 0 spiro atoms. The number of primary amides is 1. The summed E-state index contributed by atoms with van der Waals surface area (Å²) < 4.78 is 0. The Hall–Kier alpha value is -1.79. The molecule has 1 aliphatic heterocycles. The van der Waals surface area contributed by atoms with E-state index in [1.54, 1.807) is 0 Å². The quantitative estimate of drug-likeness (QED) is 0.458. The van der Waals surface area contributed by atoms with Crippen molar-refractivity contribution >= 4 is 35.2 Å². The molecule has 1 atom stereocenters. The fourth-order valence-electron chi connectivity index (χ4n) is 4.25. The van der Waals surface area contributed by atoms with E-state index in [9.17, 15) is 9.59 Å². The predicted octanol–water partition coefficient (Wildman–Crippen LogP) is 3.92. The van der Waals surface area contributed by atoms with Crippen molar-refractivity contribution in [3.63, 3.8) is 0 Å². The number of carbonyl (C=O) groups is 2. The molecule has 0 aromatic heterocycles. The Balaban J connectivity index is 1.93. The molecule has 0 saturated carbocycles. The monoisotopic (exact) mass is 436 g/mol.